The normalized spacial score (nSPS) is 10.9. The van der Waals surface area contributed by atoms with Crippen molar-refractivity contribution in [1.29, 1.82) is 0 Å². The molecule has 0 unspecified atom stereocenters. The molecule has 0 bridgehead atoms. The summed E-state index contributed by atoms with van der Waals surface area (Å²) < 4.78 is 5.89. The molecule has 0 aliphatic rings. The summed E-state index contributed by atoms with van der Waals surface area (Å²) in [4.78, 5) is 0. The fourth-order valence-electron chi connectivity index (χ4n) is 1.28. The lowest BCUT2D eigenvalue weighted by Crippen LogP contribution is -2.14. The molecular weight excluding hydrogens is 256 g/mol. The Morgan fingerprint density at radius 2 is 2.07 bits per heavy atom. The van der Waals surface area contributed by atoms with Gasteiger partial charge in [0.2, 0.25) is 0 Å². The smallest absolute Gasteiger partial charge is 0.162 e. The highest BCUT2D eigenvalue weighted by Crippen LogP contribution is 2.39. The second-order valence-electron chi connectivity index (χ2n) is 3.77. The lowest BCUT2D eigenvalue weighted by Gasteiger charge is -2.21. The van der Waals surface area contributed by atoms with Gasteiger partial charge >= 0.3 is 0 Å². The Bertz CT molecular complexity index is 416. The Hall–Kier alpha value is -1.14. The maximum Gasteiger partial charge on any atom is 0.162 e. The summed E-state index contributed by atoms with van der Waals surface area (Å²) in [5.41, 5.74) is 0.150. The zero-order valence-corrected chi connectivity index (χ0v) is 10.6. The molecule has 0 amide bonds. The van der Waals surface area contributed by atoms with Crippen molar-refractivity contribution in [3.05, 3.63) is 22.2 Å². The second kappa shape index (κ2) is 4.16. The van der Waals surface area contributed by atoms with E-state index in [0.717, 1.165) is 4.47 Å². The molecule has 0 aromatic heterocycles. The number of terminal acetylenes is 1. The Morgan fingerprint density at radius 1 is 1.47 bits per heavy atom. The molecule has 0 aliphatic heterocycles. The van der Waals surface area contributed by atoms with Crippen molar-refractivity contribution >= 4 is 15.9 Å². The topological polar surface area (TPSA) is 29.5 Å². The second-order valence-corrected chi connectivity index (χ2v) is 4.69. The monoisotopic (exact) mass is 268 g/mol. The minimum absolute atomic E-state index is 0.101. The molecule has 0 saturated carbocycles. The van der Waals surface area contributed by atoms with E-state index in [1.807, 2.05) is 13.8 Å². The highest BCUT2D eigenvalue weighted by molar-refractivity contribution is 9.10. The molecule has 80 valence electrons. The predicted molar refractivity (Wildman–Crippen MR) is 64.2 cm³/mol. The van der Waals surface area contributed by atoms with Gasteiger partial charge in [0.05, 0.1) is 12.5 Å². The summed E-state index contributed by atoms with van der Waals surface area (Å²) in [6, 6.07) is 3.50. The minimum Gasteiger partial charge on any atom is -0.504 e. The van der Waals surface area contributed by atoms with E-state index in [0.29, 0.717) is 11.3 Å². The van der Waals surface area contributed by atoms with Crippen LogP contribution in [0.25, 0.3) is 0 Å². The van der Waals surface area contributed by atoms with Crippen molar-refractivity contribution in [3.8, 4) is 23.8 Å². The van der Waals surface area contributed by atoms with Gasteiger partial charge in [-0.1, -0.05) is 21.9 Å². The number of halogens is 1. The predicted octanol–water partition coefficient (Wildman–Crippen LogP) is 3.07. The lowest BCUT2D eigenvalue weighted by molar-refractivity contribution is 0.367. The van der Waals surface area contributed by atoms with E-state index < -0.39 is 5.41 Å². The molecule has 0 atom stereocenters. The first-order valence-electron chi connectivity index (χ1n) is 4.47. The number of rotatable bonds is 2. The molecule has 0 aliphatic carbocycles. The average molecular weight is 269 g/mol. The number of phenolic OH excluding ortho intramolecular Hbond substituents is 1. The highest BCUT2D eigenvalue weighted by atomic mass is 79.9. The number of methoxy groups -OCH3 is 1. The van der Waals surface area contributed by atoms with E-state index in [1.54, 1.807) is 12.1 Å². The molecule has 0 fully saturated rings. The van der Waals surface area contributed by atoms with Gasteiger partial charge in [0.15, 0.2) is 11.5 Å². The third-order valence-electron chi connectivity index (χ3n) is 2.29. The van der Waals surface area contributed by atoms with Crippen LogP contribution in [-0.2, 0) is 5.41 Å². The van der Waals surface area contributed by atoms with Gasteiger partial charge in [0.25, 0.3) is 0 Å². The number of phenols is 1. The van der Waals surface area contributed by atoms with Crippen molar-refractivity contribution in [2.45, 2.75) is 19.3 Å². The zero-order valence-electron chi connectivity index (χ0n) is 8.97. The van der Waals surface area contributed by atoms with Gasteiger partial charge in [-0.2, -0.15) is 0 Å². The Labute approximate surface area is 98.4 Å². The summed E-state index contributed by atoms with van der Waals surface area (Å²) in [5, 5.41) is 9.94. The standard InChI is InChI=1S/C12H13BrO2/c1-5-12(2,3)9-6-8(13)7-10(15-4)11(9)14/h1,6-7,14H,2-4H3. The number of hydrogen-bond donors (Lipinski definition) is 1. The van der Waals surface area contributed by atoms with E-state index in [1.165, 1.54) is 7.11 Å². The van der Waals surface area contributed by atoms with Crippen molar-refractivity contribution < 1.29 is 9.84 Å². The Kier molecular flexibility index (Phi) is 3.31. The van der Waals surface area contributed by atoms with Gasteiger partial charge in [0, 0.05) is 10.0 Å². The maximum atomic E-state index is 9.94. The first kappa shape index (κ1) is 11.9. The van der Waals surface area contributed by atoms with Gasteiger partial charge in [-0.3, -0.25) is 0 Å². The van der Waals surface area contributed by atoms with Gasteiger partial charge in [-0.05, 0) is 26.0 Å². The van der Waals surface area contributed by atoms with E-state index in [2.05, 4.69) is 21.9 Å². The quantitative estimate of drug-likeness (QED) is 0.836. The van der Waals surface area contributed by atoms with Crippen LogP contribution in [0.1, 0.15) is 19.4 Å². The molecule has 0 spiro atoms. The molecule has 0 radical (unpaired) electrons. The molecule has 15 heavy (non-hydrogen) atoms. The third kappa shape index (κ3) is 2.27. The van der Waals surface area contributed by atoms with Gasteiger partial charge in [-0.15, -0.1) is 6.42 Å². The van der Waals surface area contributed by atoms with Crippen molar-refractivity contribution in [1.82, 2.24) is 0 Å². The van der Waals surface area contributed by atoms with Crippen molar-refractivity contribution in [2.24, 2.45) is 0 Å². The van der Waals surface area contributed by atoms with Crippen LogP contribution in [0.2, 0.25) is 0 Å². The van der Waals surface area contributed by atoms with Crippen LogP contribution in [0.4, 0.5) is 0 Å². The number of benzene rings is 1. The number of ether oxygens (including phenoxy) is 1. The van der Waals surface area contributed by atoms with E-state index in [-0.39, 0.29) is 5.75 Å². The van der Waals surface area contributed by atoms with Crippen LogP contribution in [0.5, 0.6) is 11.5 Å². The SMILES string of the molecule is C#CC(C)(C)c1cc(Br)cc(OC)c1O. The summed E-state index contributed by atoms with van der Waals surface area (Å²) in [6.45, 7) is 3.74. The average Bonchev–Trinajstić information content (AvgIpc) is 2.20. The van der Waals surface area contributed by atoms with Crippen LogP contribution in [0, 0.1) is 12.3 Å². The first-order valence-corrected chi connectivity index (χ1v) is 5.26. The highest BCUT2D eigenvalue weighted by Gasteiger charge is 2.24. The maximum absolute atomic E-state index is 9.94. The molecule has 1 aromatic rings. The molecular formula is C12H13BrO2. The summed E-state index contributed by atoms with van der Waals surface area (Å²) in [7, 11) is 1.51. The number of aromatic hydroxyl groups is 1. The molecule has 3 heteroatoms. The lowest BCUT2D eigenvalue weighted by atomic mass is 9.85. The molecule has 2 nitrogen and oxygen atoms in total. The van der Waals surface area contributed by atoms with Crippen LogP contribution in [0.15, 0.2) is 16.6 Å². The molecule has 1 N–H and O–H groups in total. The fraction of sp³-hybridized carbons (Fsp3) is 0.333. The van der Waals surface area contributed by atoms with Crippen molar-refractivity contribution in [3.63, 3.8) is 0 Å². The summed E-state index contributed by atoms with van der Waals surface area (Å²) >= 11 is 3.35. The third-order valence-corrected chi connectivity index (χ3v) is 2.75. The first-order chi connectivity index (χ1) is 6.92. The Morgan fingerprint density at radius 3 is 2.53 bits per heavy atom. The van der Waals surface area contributed by atoms with Gasteiger partial charge < -0.3 is 9.84 Å². The summed E-state index contributed by atoms with van der Waals surface area (Å²) in [6.07, 6.45) is 5.43. The molecule has 0 saturated heterocycles. The molecule has 1 rings (SSSR count). The number of hydrogen-bond acceptors (Lipinski definition) is 2. The van der Waals surface area contributed by atoms with Crippen LogP contribution in [0.3, 0.4) is 0 Å². The van der Waals surface area contributed by atoms with Crippen LogP contribution >= 0.6 is 15.9 Å². The molecule has 1 aromatic carbocycles. The van der Waals surface area contributed by atoms with Crippen LogP contribution < -0.4 is 4.74 Å². The largest absolute Gasteiger partial charge is 0.504 e. The van der Waals surface area contributed by atoms with E-state index in [4.69, 9.17) is 11.2 Å². The van der Waals surface area contributed by atoms with Crippen LogP contribution in [-0.4, -0.2) is 12.2 Å². The van der Waals surface area contributed by atoms with Gasteiger partial charge in [-0.25, -0.2) is 0 Å². The van der Waals surface area contributed by atoms with E-state index >= 15 is 0 Å². The van der Waals surface area contributed by atoms with Crippen molar-refractivity contribution in [2.75, 3.05) is 7.11 Å². The minimum atomic E-state index is -0.527. The van der Waals surface area contributed by atoms with Gasteiger partial charge in [0.1, 0.15) is 0 Å². The van der Waals surface area contributed by atoms with E-state index in [9.17, 15) is 5.11 Å². The fourth-order valence-corrected chi connectivity index (χ4v) is 1.72. The summed E-state index contributed by atoms with van der Waals surface area (Å²) in [5.74, 6) is 3.16. The molecule has 0 heterocycles. The Balaban J connectivity index is 3.44. The zero-order chi connectivity index (χ0) is 11.6.